The molecule has 0 aliphatic rings. The van der Waals surface area contributed by atoms with Crippen molar-refractivity contribution in [2.45, 2.75) is 46.4 Å². The maximum Gasteiger partial charge on any atom is 0.316 e. The number of hydrogen-bond acceptors (Lipinski definition) is 5. The second-order valence-electron chi connectivity index (χ2n) is 5.73. The summed E-state index contributed by atoms with van der Waals surface area (Å²) in [5.74, 6) is 0. The van der Waals surface area contributed by atoms with Crippen LogP contribution in [-0.2, 0) is 13.2 Å². The van der Waals surface area contributed by atoms with Gasteiger partial charge in [0, 0.05) is 34.4 Å². The average molecular weight is 291 g/mol. The molecule has 0 saturated heterocycles. The van der Waals surface area contributed by atoms with Gasteiger partial charge in [-0.05, 0) is 39.1 Å². The van der Waals surface area contributed by atoms with E-state index in [-0.39, 0.29) is 5.54 Å². The second kappa shape index (κ2) is 6.33. The highest BCUT2D eigenvalue weighted by atomic mass is 32.1. The van der Waals surface area contributed by atoms with Crippen molar-refractivity contribution in [3.8, 4) is 6.01 Å². The number of thiophene rings is 1. The van der Waals surface area contributed by atoms with Crippen LogP contribution < -0.4 is 10.1 Å². The average Bonchev–Trinajstić information content (AvgIpc) is 2.87. The topological polar surface area (TPSA) is 47.0 Å². The zero-order valence-electron chi connectivity index (χ0n) is 12.4. The molecule has 20 heavy (non-hydrogen) atoms. The summed E-state index contributed by atoms with van der Waals surface area (Å²) >= 11 is 1.67. The van der Waals surface area contributed by atoms with Gasteiger partial charge in [-0.2, -0.15) is 0 Å². The van der Waals surface area contributed by atoms with Gasteiger partial charge in [0.1, 0.15) is 6.61 Å². The van der Waals surface area contributed by atoms with Gasteiger partial charge in [-0.1, -0.05) is 6.07 Å². The largest absolute Gasteiger partial charge is 0.458 e. The van der Waals surface area contributed by atoms with Gasteiger partial charge in [0.2, 0.25) is 0 Å². The smallest absolute Gasteiger partial charge is 0.316 e. The maximum atomic E-state index is 5.60. The molecule has 0 spiro atoms. The van der Waals surface area contributed by atoms with Crippen LogP contribution in [0.3, 0.4) is 0 Å². The first-order valence-electron chi connectivity index (χ1n) is 6.67. The lowest BCUT2D eigenvalue weighted by atomic mass is 10.1. The van der Waals surface area contributed by atoms with Crippen LogP contribution in [0.2, 0.25) is 0 Å². The highest BCUT2D eigenvalue weighted by molar-refractivity contribution is 7.09. The van der Waals surface area contributed by atoms with E-state index in [1.54, 1.807) is 11.3 Å². The van der Waals surface area contributed by atoms with Crippen molar-refractivity contribution in [3.63, 3.8) is 0 Å². The van der Waals surface area contributed by atoms with Crippen LogP contribution in [0.5, 0.6) is 6.01 Å². The molecule has 2 heterocycles. The number of hydrogen-bond donors (Lipinski definition) is 1. The van der Waals surface area contributed by atoms with Crippen LogP contribution in [-0.4, -0.2) is 15.5 Å². The van der Waals surface area contributed by atoms with E-state index in [9.17, 15) is 0 Å². The van der Waals surface area contributed by atoms with Crippen molar-refractivity contribution in [2.24, 2.45) is 0 Å². The zero-order valence-corrected chi connectivity index (χ0v) is 13.3. The lowest BCUT2D eigenvalue weighted by Crippen LogP contribution is -2.35. The molecule has 5 heteroatoms. The molecule has 2 aromatic rings. The van der Waals surface area contributed by atoms with Crippen LogP contribution in [0.1, 0.15) is 36.9 Å². The van der Waals surface area contributed by atoms with Crippen LogP contribution in [0.15, 0.2) is 23.7 Å². The lowest BCUT2D eigenvalue weighted by Gasteiger charge is -2.20. The monoisotopic (exact) mass is 291 g/mol. The normalized spacial score (nSPS) is 11.6. The minimum atomic E-state index is 0.0841. The molecule has 0 aromatic carbocycles. The quantitative estimate of drug-likeness (QED) is 0.918. The van der Waals surface area contributed by atoms with Crippen LogP contribution >= 0.6 is 11.3 Å². The van der Waals surface area contributed by atoms with Crippen molar-refractivity contribution in [3.05, 3.63) is 39.8 Å². The molecule has 0 atom stereocenters. The Hall–Kier alpha value is -1.46. The summed E-state index contributed by atoms with van der Waals surface area (Å²) in [6.07, 6.45) is 1.84. The minimum absolute atomic E-state index is 0.0841. The van der Waals surface area contributed by atoms with Crippen molar-refractivity contribution in [2.75, 3.05) is 0 Å². The highest BCUT2D eigenvalue weighted by Crippen LogP contribution is 2.14. The molecule has 4 nitrogen and oxygen atoms in total. The highest BCUT2D eigenvalue weighted by Gasteiger charge is 2.11. The van der Waals surface area contributed by atoms with Crippen molar-refractivity contribution < 1.29 is 4.74 Å². The summed E-state index contributed by atoms with van der Waals surface area (Å²) in [5, 5.41) is 5.47. The molecular weight excluding hydrogens is 270 g/mol. The fourth-order valence-electron chi connectivity index (χ4n) is 1.60. The van der Waals surface area contributed by atoms with Gasteiger partial charge in [0.05, 0.1) is 0 Å². The molecule has 2 rings (SSSR count). The summed E-state index contributed by atoms with van der Waals surface area (Å²) in [5.41, 5.74) is 2.14. The molecular formula is C15H21N3OS. The van der Waals surface area contributed by atoms with E-state index in [1.807, 2.05) is 30.6 Å². The van der Waals surface area contributed by atoms with Gasteiger partial charge >= 0.3 is 6.01 Å². The van der Waals surface area contributed by atoms with Gasteiger partial charge in [-0.3, -0.25) is 0 Å². The molecule has 0 bridgehead atoms. The maximum absolute atomic E-state index is 5.60. The number of rotatable bonds is 5. The van der Waals surface area contributed by atoms with Crippen molar-refractivity contribution in [1.29, 1.82) is 0 Å². The molecule has 0 amide bonds. The minimum Gasteiger partial charge on any atom is -0.458 e. The first-order valence-corrected chi connectivity index (χ1v) is 7.55. The summed E-state index contributed by atoms with van der Waals surface area (Å²) in [7, 11) is 0. The number of nitrogens with zero attached hydrogens (tertiary/aromatic N) is 2. The first-order chi connectivity index (χ1) is 9.44. The number of aryl methyl sites for hydroxylation is 1. The Labute approximate surface area is 124 Å². The van der Waals surface area contributed by atoms with E-state index in [2.05, 4.69) is 36.1 Å². The van der Waals surface area contributed by atoms with E-state index in [0.29, 0.717) is 12.6 Å². The van der Waals surface area contributed by atoms with Gasteiger partial charge in [0.15, 0.2) is 0 Å². The van der Waals surface area contributed by atoms with Crippen molar-refractivity contribution in [1.82, 2.24) is 15.3 Å². The molecule has 108 valence electrons. The fourth-order valence-corrected chi connectivity index (χ4v) is 2.22. The molecule has 0 aliphatic carbocycles. The standard InChI is InChI=1S/C15H21N3OS/c1-11-12(9-17-15(2,3)4)8-16-14(18-11)19-10-13-6-5-7-20-13/h5-8,17H,9-10H2,1-4H3. The van der Waals surface area contributed by atoms with Crippen LogP contribution in [0, 0.1) is 6.92 Å². The third-order valence-corrected chi connectivity index (χ3v) is 3.64. The molecule has 0 saturated carbocycles. The summed E-state index contributed by atoms with van der Waals surface area (Å²) in [4.78, 5) is 9.85. The Bertz CT molecular complexity index is 547. The van der Waals surface area contributed by atoms with Crippen LogP contribution in [0.25, 0.3) is 0 Å². The van der Waals surface area contributed by atoms with Gasteiger partial charge in [-0.15, -0.1) is 11.3 Å². The van der Waals surface area contributed by atoms with Crippen LogP contribution in [0.4, 0.5) is 0 Å². The zero-order chi connectivity index (χ0) is 14.6. The van der Waals surface area contributed by atoms with E-state index in [4.69, 9.17) is 4.74 Å². The molecule has 1 N–H and O–H groups in total. The fraction of sp³-hybridized carbons (Fsp3) is 0.467. The Morgan fingerprint density at radius 1 is 1.35 bits per heavy atom. The molecule has 0 aliphatic heterocycles. The molecule has 0 radical (unpaired) electrons. The first kappa shape index (κ1) is 14.9. The molecule has 0 unspecified atom stereocenters. The molecule has 2 aromatic heterocycles. The number of nitrogens with one attached hydrogen (secondary N) is 1. The van der Waals surface area contributed by atoms with E-state index >= 15 is 0 Å². The molecule has 0 fully saturated rings. The van der Waals surface area contributed by atoms with Gasteiger partial charge < -0.3 is 10.1 Å². The number of ether oxygens (including phenoxy) is 1. The van der Waals surface area contributed by atoms with E-state index in [0.717, 1.165) is 17.8 Å². The predicted molar refractivity (Wildman–Crippen MR) is 82.0 cm³/mol. The van der Waals surface area contributed by atoms with E-state index in [1.165, 1.54) is 4.88 Å². The summed E-state index contributed by atoms with van der Waals surface area (Å²) < 4.78 is 5.60. The van der Waals surface area contributed by atoms with Crippen molar-refractivity contribution >= 4 is 11.3 Å². The van der Waals surface area contributed by atoms with E-state index < -0.39 is 0 Å². The summed E-state index contributed by atoms with van der Waals surface area (Å²) in [6.45, 7) is 9.70. The van der Waals surface area contributed by atoms with Gasteiger partial charge in [0.25, 0.3) is 0 Å². The Morgan fingerprint density at radius 2 is 2.15 bits per heavy atom. The second-order valence-corrected chi connectivity index (χ2v) is 6.77. The Morgan fingerprint density at radius 3 is 2.75 bits per heavy atom. The predicted octanol–water partition coefficient (Wildman–Crippen LogP) is 3.31. The summed E-state index contributed by atoms with van der Waals surface area (Å²) in [6, 6.07) is 4.49. The Balaban J connectivity index is 1.95. The lowest BCUT2D eigenvalue weighted by molar-refractivity contribution is 0.282. The Kier molecular flexibility index (Phi) is 4.73. The SMILES string of the molecule is Cc1nc(OCc2cccs2)ncc1CNC(C)(C)C. The van der Waals surface area contributed by atoms with Gasteiger partial charge in [-0.25, -0.2) is 9.97 Å². The third kappa shape index (κ3) is 4.58. The number of aromatic nitrogens is 2. The third-order valence-electron chi connectivity index (χ3n) is 2.79.